The maximum absolute atomic E-state index is 12.0. The van der Waals surface area contributed by atoms with E-state index in [0.717, 1.165) is 16.9 Å². The molecular weight excluding hydrogens is 316 g/mol. The molecule has 0 saturated carbocycles. The van der Waals surface area contributed by atoms with Crippen LogP contribution in [0.15, 0.2) is 47.8 Å². The molecule has 6 nitrogen and oxygen atoms in total. The first-order chi connectivity index (χ1) is 11.1. The molecule has 1 heterocycles. The van der Waals surface area contributed by atoms with Gasteiger partial charge in [-0.1, -0.05) is 36.4 Å². The molecule has 0 spiro atoms. The van der Waals surface area contributed by atoms with Crippen molar-refractivity contribution in [3.05, 3.63) is 58.3 Å². The minimum Gasteiger partial charge on any atom is -0.394 e. The van der Waals surface area contributed by atoms with Gasteiger partial charge < -0.3 is 15.7 Å². The van der Waals surface area contributed by atoms with Gasteiger partial charge in [0, 0.05) is 6.54 Å². The normalized spacial score (nSPS) is 11.5. The van der Waals surface area contributed by atoms with E-state index in [4.69, 9.17) is 0 Å². The Bertz CT molecular complexity index is 671. The molecular formula is C16H16N2O4S. The predicted molar refractivity (Wildman–Crippen MR) is 86.0 cm³/mol. The van der Waals surface area contributed by atoms with Crippen LogP contribution in [0.1, 0.15) is 15.2 Å². The van der Waals surface area contributed by atoms with Gasteiger partial charge in [0.15, 0.2) is 0 Å². The van der Waals surface area contributed by atoms with E-state index in [0.29, 0.717) is 0 Å². The average Bonchev–Trinajstić information content (AvgIpc) is 3.12. The van der Waals surface area contributed by atoms with Crippen molar-refractivity contribution in [3.63, 3.8) is 0 Å². The van der Waals surface area contributed by atoms with E-state index in [1.165, 1.54) is 6.07 Å². The van der Waals surface area contributed by atoms with Gasteiger partial charge in [0.05, 0.1) is 11.5 Å². The monoisotopic (exact) mass is 332 g/mol. The highest BCUT2D eigenvalue weighted by molar-refractivity contribution is 7.13. The van der Waals surface area contributed by atoms with E-state index in [-0.39, 0.29) is 11.4 Å². The maximum atomic E-state index is 12.0. The van der Waals surface area contributed by atoms with Crippen molar-refractivity contribution >= 4 is 28.9 Å². The first-order valence-corrected chi connectivity index (χ1v) is 7.81. The van der Waals surface area contributed by atoms with Gasteiger partial charge in [0.1, 0.15) is 6.04 Å². The molecule has 0 fully saturated rings. The molecule has 0 aliphatic carbocycles. The number of thiophene rings is 1. The highest BCUT2D eigenvalue weighted by Crippen LogP contribution is 2.09. The van der Waals surface area contributed by atoms with E-state index >= 15 is 0 Å². The van der Waals surface area contributed by atoms with Gasteiger partial charge in [0.25, 0.3) is 11.7 Å². The Morgan fingerprint density at radius 1 is 1.09 bits per heavy atom. The SMILES string of the molecule is O=C(NC(CO)C(=O)NCc1ccccc1)C(=O)c1cccs1. The smallest absolute Gasteiger partial charge is 0.293 e. The zero-order valence-corrected chi connectivity index (χ0v) is 13.0. The standard InChI is InChI=1S/C16H16N2O4S/c19-10-12(15(21)17-9-11-5-2-1-3-6-11)18-16(22)14(20)13-7-4-8-23-13/h1-8,12,19H,9-10H2,(H,17,21)(H,18,22). The van der Waals surface area contributed by atoms with E-state index < -0.39 is 30.2 Å². The summed E-state index contributed by atoms with van der Waals surface area (Å²) in [6, 6.07) is 11.2. The minimum atomic E-state index is -1.17. The fourth-order valence-corrected chi connectivity index (χ4v) is 2.51. The number of benzene rings is 1. The zero-order chi connectivity index (χ0) is 16.7. The molecule has 0 aliphatic rings. The molecule has 2 amide bonds. The Morgan fingerprint density at radius 3 is 2.43 bits per heavy atom. The van der Waals surface area contributed by atoms with E-state index in [2.05, 4.69) is 10.6 Å². The summed E-state index contributed by atoms with van der Waals surface area (Å²) < 4.78 is 0. The molecule has 0 bridgehead atoms. The fraction of sp³-hybridized carbons (Fsp3) is 0.188. The molecule has 0 saturated heterocycles. The summed E-state index contributed by atoms with van der Waals surface area (Å²) in [5.41, 5.74) is 0.888. The van der Waals surface area contributed by atoms with Crippen molar-refractivity contribution in [1.29, 1.82) is 0 Å². The van der Waals surface area contributed by atoms with Gasteiger partial charge in [-0.2, -0.15) is 0 Å². The minimum absolute atomic E-state index is 0.269. The maximum Gasteiger partial charge on any atom is 0.293 e. The van der Waals surface area contributed by atoms with Crippen molar-refractivity contribution in [3.8, 4) is 0 Å². The molecule has 1 unspecified atom stereocenters. The quantitative estimate of drug-likeness (QED) is 0.514. The van der Waals surface area contributed by atoms with Crippen LogP contribution in [0.3, 0.4) is 0 Å². The van der Waals surface area contributed by atoms with Crippen LogP contribution in [0.5, 0.6) is 0 Å². The number of nitrogens with one attached hydrogen (secondary N) is 2. The van der Waals surface area contributed by atoms with Gasteiger partial charge in [-0.3, -0.25) is 14.4 Å². The van der Waals surface area contributed by atoms with E-state index in [1.807, 2.05) is 30.3 Å². The lowest BCUT2D eigenvalue weighted by molar-refractivity contribution is -0.128. The highest BCUT2D eigenvalue weighted by Gasteiger charge is 2.24. The second-order valence-electron chi connectivity index (χ2n) is 4.72. The molecule has 2 aromatic rings. The second-order valence-corrected chi connectivity index (χ2v) is 5.67. The summed E-state index contributed by atoms with van der Waals surface area (Å²) in [4.78, 5) is 36.0. The second kappa shape index (κ2) is 8.21. The number of carbonyl (C=O) groups is 3. The molecule has 1 atom stereocenters. The molecule has 2 rings (SSSR count). The summed E-state index contributed by atoms with van der Waals surface area (Å²) in [6.45, 7) is -0.324. The fourth-order valence-electron chi connectivity index (χ4n) is 1.85. The first kappa shape index (κ1) is 16.9. The summed E-state index contributed by atoms with van der Waals surface area (Å²) in [5.74, 6) is -2.20. The van der Waals surface area contributed by atoms with Gasteiger partial charge in [0.2, 0.25) is 5.91 Å². The van der Waals surface area contributed by atoms with Crippen LogP contribution in [-0.2, 0) is 16.1 Å². The Hall–Kier alpha value is -2.51. The van der Waals surface area contributed by atoms with Crippen LogP contribution in [0.2, 0.25) is 0 Å². The molecule has 0 radical (unpaired) electrons. The molecule has 0 aliphatic heterocycles. The van der Waals surface area contributed by atoms with Crippen molar-refractivity contribution in [2.24, 2.45) is 0 Å². The molecule has 120 valence electrons. The number of hydrogen-bond acceptors (Lipinski definition) is 5. The number of carbonyl (C=O) groups excluding carboxylic acids is 3. The van der Waals surface area contributed by atoms with Crippen LogP contribution >= 0.6 is 11.3 Å². The van der Waals surface area contributed by atoms with Gasteiger partial charge >= 0.3 is 0 Å². The highest BCUT2D eigenvalue weighted by atomic mass is 32.1. The third-order valence-electron chi connectivity index (χ3n) is 3.07. The first-order valence-electron chi connectivity index (χ1n) is 6.93. The van der Waals surface area contributed by atoms with Crippen molar-refractivity contribution in [2.45, 2.75) is 12.6 Å². The Labute approximate surface area is 137 Å². The van der Waals surface area contributed by atoms with Crippen LogP contribution in [0.25, 0.3) is 0 Å². The Morgan fingerprint density at radius 2 is 1.83 bits per heavy atom. The molecule has 1 aromatic heterocycles. The number of Topliss-reactive ketones (excluding diaryl/α,β-unsaturated/α-hetero) is 1. The number of amides is 2. The zero-order valence-electron chi connectivity index (χ0n) is 12.2. The molecule has 3 N–H and O–H groups in total. The van der Waals surface area contributed by atoms with Crippen LogP contribution in [-0.4, -0.2) is 35.4 Å². The summed E-state index contributed by atoms with van der Waals surface area (Å²) in [7, 11) is 0. The van der Waals surface area contributed by atoms with Crippen molar-refractivity contribution < 1.29 is 19.5 Å². The molecule has 23 heavy (non-hydrogen) atoms. The number of aliphatic hydroxyl groups is 1. The van der Waals surface area contributed by atoms with Gasteiger partial charge in [-0.05, 0) is 17.0 Å². The van der Waals surface area contributed by atoms with Crippen molar-refractivity contribution in [2.75, 3.05) is 6.61 Å². The number of hydrogen-bond donors (Lipinski definition) is 3. The predicted octanol–water partition coefficient (Wildman–Crippen LogP) is 0.724. The van der Waals surface area contributed by atoms with Crippen LogP contribution in [0.4, 0.5) is 0 Å². The van der Waals surface area contributed by atoms with Gasteiger partial charge in [-0.15, -0.1) is 11.3 Å². The van der Waals surface area contributed by atoms with E-state index in [9.17, 15) is 19.5 Å². The number of rotatable bonds is 7. The third kappa shape index (κ3) is 4.73. The third-order valence-corrected chi connectivity index (χ3v) is 3.93. The summed E-state index contributed by atoms with van der Waals surface area (Å²) in [5, 5.41) is 15.8. The molecule has 7 heteroatoms. The summed E-state index contributed by atoms with van der Waals surface area (Å²) >= 11 is 1.14. The van der Waals surface area contributed by atoms with Gasteiger partial charge in [-0.25, -0.2) is 0 Å². The lowest BCUT2D eigenvalue weighted by Crippen LogP contribution is -2.50. The van der Waals surface area contributed by atoms with Crippen LogP contribution in [0, 0.1) is 0 Å². The van der Waals surface area contributed by atoms with E-state index in [1.54, 1.807) is 11.4 Å². The van der Waals surface area contributed by atoms with Crippen molar-refractivity contribution in [1.82, 2.24) is 10.6 Å². The number of aliphatic hydroxyl groups excluding tert-OH is 1. The lowest BCUT2D eigenvalue weighted by Gasteiger charge is -2.15. The molecule has 1 aromatic carbocycles. The number of ketones is 1. The lowest BCUT2D eigenvalue weighted by atomic mass is 10.2. The largest absolute Gasteiger partial charge is 0.394 e. The summed E-state index contributed by atoms with van der Waals surface area (Å²) in [6.07, 6.45) is 0. The topological polar surface area (TPSA) is 95.5 Å². The Kier molecular flexibility index (Phi) is 6.02. The van der Waals surface area contributed by atoms with Crippen LogP contribution < -0.4 is 10.6 Å². The Balaban J connectivity index is 1.89. The average molecular weight is 332 g/mol.